The van der Waals surface area contributed by atoms with Gasteiger partial charge in [0, 0.05) is 57.7 Å². The molecule has 0 amide bonds. The molecule has 1 N–H and O–H groups in total. The first-order valence-electron chi connectivity index (χ1n) is 9.93. The van der Waals surface area contributed by atoms with Crippen LogP contribution in [0.25, 0.3) is 0 Å². The largest absolute Gasteiger partial charge is 0.368 e. The SMILES string of the molecule is CN=C(NCC(C)Cn1nc(C)cc1C)N1CCN(c2ccc(F)cc2)CC1.I. The van der Waals surface area contributed by atoms with Crippen LogP contribution in [0.4, 0.5) is 10.1 Å². The quantitative estimate of drug-likeness (QED) is 0.378. The van der Waals surface area contributed by atoms with E-state index >= 15 is 0 Å². The average molecular weight is 514 g/mol. The summed E-state index contributed by atoms with van der Waals surface area (Å²) in [5, 5.41) is 8.06. The Hall–Kier alpha value is -1.84. The number of anilines is 1. The van der Waals surface area contributed by atoms with Crippen molar-refractivity contribution in [2.24, 2.45) is 10.9 Å². The molecule has 1 unspecified atom stereocenters. The maximum atomic E-state index is 13.1. The van der Waals surface area contributed by atoms with E-state index in [2.05, 4.69) is 49.8 Å². The van der Waals surface area contributed by atoms with Gasteiger partial charge in [0.25, 0.3) is 0 Å². The Morgan fingerprint density at radius 1 is 1.17 bits per heavy atom. The van der Waals surface area contributed by atoms with Gasteiger partial charge in [0.05, 0.1) is 5.69 Å². The summed E-state index contributed by atoms with van der Waals surface area (Å²) in [5.41, 5.74) is 3.33. The van der Waals surface area contributed by atoms with Crippen molar-refractivity contribution in [1.82, 2.24) is 20.0 Å². The van der Waals surface area contributed by atoms with Crippen LogP contribution in [0.15, 0.2) is 35.3 Å². The Morgan fingerprint density at radius 3 is 2.38 bits per heavy atom. The lowest BCUT2D eigenvalue weighted by atomic mass is 10.2. The van der Waals surface area contributed by atoms with E-state index in [1.54, 1.807) is 0 Å². The molecular formula is C21H32FIN6. The first-order chi connectivity index (χ1) is 13.5. The fourth-order valence-electron chi connectivity index (χ4n) is 3.65. The monoisotopic (exact) mass is 514 g/mol. The highest BCUT2D eigenvalue weighted by Crippen LogP contribution is 2.17. The Labute approximate surface area is 190 Å². The molecule has 1 aliphatic heterocycles. The van der Waals surface area contributed by atoms with Crippen LogP contribution in [-0.4, -0.2) is 60.4 Å². The highest BCUT2D eigenvalue weighted by molar-refractivity contribution is 14.0. The third kappa shape index (κ3) is 6.32. The van der Waals surface area contributed by atoms with Gasteiger partial charge in [-0.05, 0) is 50.1 Å². The molecule has 1 aliphatic rings. The smallest absolute Gasteiger partial charge is 0.193 e. The third-order valence-electron chi connectivity index (χ3n) is 5.18. The van der Waals surface area contributed by atoms with Gasteiger partial charge in [0.15, 0.2) is 5.96 Å². The number of aromatic nitrogens is 2. The highest BCUT2D eigenvalue weighted by Gasteiger charge is 2.20. The summed E-state index contributed by atoms with van der Waals surface area (Å²) in [5.74, 6) is 1.19. The molecule has 1 fully saturated rings. The van der Waals surface area contributed by atoms with Gasteiger partial charge in [-0.1, -0.05) is 6.92 Å². The summed E-state index contributed by atoms with van der Waals surface area (Å²) in [6.45, 7) is 11.7. The third-order valence-corrected chi connectivity index (χ3v) is 5.18. The molecule has 1 atom stereocenters. The molecule has 0 bridgehead atoms. The van der Waals surface area contributed by atoms with Gasteiger partial charge in [-0.15, -0.1) is 24.0 Å². The van der Waals surface area contributed by atoms with Crippen LogP contribution in [0.5, 0.6) is 0 Å². The van der Waals surface area contributed by atoms with Crippen LogP contribution in [0.3, 0.4) is 0 Å². The minimum Gasteiger partial charge on any atom is -0.368 e. The normalized spacial score (nSPS) is 15.8. The van der Waals surface area contributed by atoms with Crippen molar-refractivity contribution in [2.45, 2.75) is 27.3 Å². The fourth-order valence-corrected chi connectivity index (χ4v) is 3.65. The maximum absolute atomic E-state index is 13.1. The summed E-state index contributed by atoms with van der Waals surface area (Å²) in [4.78, 5) is 9.04. The summed E-state index contributed by atoms with van der Waals surface area (Å²) in [6, 6.07) is 8.84. The van der Waals surface area contributed by atoms with Crippen LogP contribution in [-0.2, 0) is 6.54 Å². The molecule has 6 nitrogen and oxygen atoms in total. The average Bonchev–Trinajstić information content (AvgIpc) is 3.00. The van der Waals surface area contributed by atoms with E-state index < -0.39 is 0 Å². The predicted molar refractivity (Wildman–Crippen MR) is 128 cm³/mol. The number of nitrogens with one attached hydrogen (secondary N) is 1. The van der Waals surface area contributed by atoms with Crippen molar-refractivity contribution in [1.29, 1.82) is 0 Å². The molecular weight excluding hydrogens is 482 g/mol. The van der Waals surface area contributed by atoms with Gasteiger partial charge < -0.3 is 15.1 Å². The molecule has 160 valence electrons. The van der Waals surface area contributed by atoms with Gasteiger partial charge in [0.1, 0.15) is 5.82 Å². The molecule has 1 aromatic heterocycles. The number of guanidine groups is 1. The van der Waals surface area contributed by atoms with Gasteiger partial charge in [-0.3, -0.25) is 9.67 Å². The van der Waals surface area contributed by atoms with E-state index in [0.717, 1.165) is 56.6 Å². The minimum atomic E-state index is -0.193. The number of aryl methyl sites for hydroxylation is 2. The molecule has 1 saturated heterocycles. The van der Waals surface area contributed by atoms with Crippen LogP contribution >= 0.6 is 24.0 Å². The molecule has 1 aromatic carbocycles. The number of aliphatic imine (C=N–C) groups is 1. The molecule has 8 heteroatoms. The zero-order valence-corrected chi connectivity index (χ0v) is 20.1. The summed E-state index contributed by atoms with van der Waals surface area (Å²) < 4.78 is 15.2. The molecule has 2 heterocycles. The topological polar surface area (TPSA) is 48.7 Å². The molecule has 0 aliphatic carbocycles. The number of hydrogen-bond acceptors (Lipinski definition) is 3. The second kappa shape index (κ2) is 10.8. The summed E-state index contributed by atoms with van der Waals surface area (Å²) in [7, 11) is 1.83. The molecule has 0 spiro atoms. The first kappa shape index (κ1) is 23.4. The molecule has 2 aromatic rings. The highest BCUT2D eigenvalue weighted by atomic mass is 127. The fraction of sp³-hybridized carbons (Fsp3) is 0.524. The van der Waals surface area contributed by atoms with E-state index in [0.29, 0.717) is 5.92 Å². The van der Waals surface area contributed by atoms with Crippen LogP contribution < -0.4 is 10.2 Å². The number of benzene rings is 1. The lowest BCUT2D eigenvalue weighted by Gasteiger charge is -2.38. The van der Waals surface area contributed by atoms with E-state index in [1.165, 1.54) is 17.8 Å². The number of rotatable bonds is 5. The van der Waals surface area contributed by atoms with Crippen molar-refractivity contribution in [2.75, 3.05) is 44.7 Å². The Bertz CT molecular complexity index is 796. The van der Waals surface area contributed by atoms with E-state index in [9.17, 15) is 4.39 Å². The van der Waals surface area contributed by atoms with Gasteiger partial charge in [0.2, 0.25) is 0 Å². The zero-order valence-electron chi connectivity index (χ0n) is 17.7. The van der Waals surface area contributed by atoms with E-state index in [-0.39, 0.29) is 29.8 Å². The van der Waals surface area contributed by atoms with Crippen LogP contribution in [0, 0.1) is 25.6 Å². The number of piperazine rings is 1. The van der Waals surface area contributed by atoms with E-state index in [1.807, 2.05) is 26.1 Å². The summed E-state index contributed by atoms with van der Waals surface area (Å²) >= 11 is 0. The lowest BCUT2D eigenvalue weighted by Crippen LogP contribution is -2.53. The Balaban J connectivity index is 0.00000300. The second-order valence-corrected chi connectivity index (χ2v) is 7.59. The Kier molecular flexibility index (Phi) is 8.73. The molecule has 29 heavy (non-hydrogen) atoms. The number of nitrogens with zero attached hydrogens (tertiary/aromatic N) is 5. The summed E-state index contributed by atoms with van der Waals surface area (Å²) in [6.07, 6.45) is 0. The first-order valence-corrected chi connectivity index (χ1v) is 9.93. The number of halogens is 2. The molecule has 0 radical (unpaired) electrons. The zero-order chi connectivity index (χ0) is 20.1. The van der Waals surface area contributed by atoms with Crippen molar-refractivity contribution in [3.63, 3.8) is 0 Å². The molecule has 3 rings (SSSR count). The predicted octanol–water partition coefficient (Wildman–Crippen LogP) is 3.29. The standard InChI is InChI=1S/C21H31FN6.HI/c1-16(15-28-18(3)13-17(2)25-28)14-24-21(23-4)27-11-9-26(10-12-27)20-7-5-19(22)6-8-20;/h5-8,13,16H,9-12,14-15H2,1-4H3,(H,23,24);1H. The maximum Gasteiger partial charge on any atom is 0.193 e. The van der Waals surface area contributed by atoms with Crippen LogP contribution in [0.1, 0.15) is 18.3 Å². The van der Waals surface area contributed by atoms with Crippen molar-refractivity contribution >= 4 is 35.6 Å². The second-order valence-electron chi connectivity index (χ2n) is 7.59. The van der Waals surface area contributed by atoms with Crippen LogP contribution in [0.2, 0.25) is 0 Å². The van der Waals surface area contributed by atoms with Gasteiger partial charge in [-0.25, -0.2) is 4.39 Å². The molecule has 0 saturated carbocycles. The van der Waals surface area contributed by atoms with Gasteiger partial charge in [-0.2, -0.15) is 5.10 Å². The van der Waals surface area contributed by atoms with Crippen molar-refractivity contribution in [3.8, 4) is 0 Å². The lowest BCUT2D eigenvalue weighted by molar-refractivity contribution is 0.363. The van der Waals surface area contributed by atoms with Crippen molar-refractivity contribution < 1.29 is 4.39 Å². The number of hydrogen-bond donors (Lipinski definition) is 1. The Morgan fingerprint density at radius 2 is 1.83 bits per heavy atom. The van der Waals surface area contributed by atoms with Gasteiger partial charge >= 0.3 is 0 Å². The van der Waals surface area contributed by atoms with Crippen molar-refractivity contribution in [3.05, 3.63) is 47.5 Å². The van der Waals surface area contributed by atoms with E-state index in [4.69, 9.17) is 0 Å². The minimum absolute atomic E-state index is 0.